The Morgan fingerprint density at radius 1 is 1.13 bits per heavy atom. The Hall–Kier alpha value is -2.53. The van der Waals surface area contributed by atoms with Gasteiger partial charge in [0, 0.05) is 23.4 Å². The van der Waals surface area contributed by atoms with Crippen molar-refractivity contribution in [2.45, 2.75) is 38.4 Å². The molecule has 2 aromatic carbocycles. The van der Waals surface area contributed by atoms with Crippen LogP contribution in [0.15, 0.2) is 53.7 Å². The Morgan fingerprint density at radius 3 is 2.45 bits per heavy atom. The molecule has 0 aromatic heterocycles. The molecule has 3 N–H and O–H groups in total. The molecule has 0 heterocycles. The number of allylic oxidation sites excluding steroid dienone is 1. The maximum absolute atomic E-state index is 13.0. The standard InChI is InChI=1S/C22H20F3N3O.2ClH/c1-13-10-14(12-26)8-9-17(13)21(27)20-18(6-3-7-19(20)29)28-16-5-2-4-15(11-16)22(23,24)25;;/h2,4-5,8-11,21,28H,3,6-7,27H2,1H3;2*1H. The van der Waals surface area contributed by atoms with Crippen LogP contribution in [0.1, 0.15) is 47.6 Å². The number of nitriles is 1. The monoisotopic (exact) mass is 471 g/mol. The fourth-order valence-corrected chi connectivity index (χ4v) is 3.55. The van der Waals surface area contributed by atoms with E-state index in [9.17, 15) is 18.0 Å². The predicted molar refractivity (Wildman–Crippen MR) is 118 cm³/mol. The van der Waals surface area contributed by atoms with Gasteiger partial charge in [0.05, 0.1) is 23.2 Å². The van der Waals surface area contributed by atoms with Crippen LogP contribution in [0.25, 0.3) is 0 Å². The SMILES string of the molecule is Cc1cc(C#N)ccc1C(N)C1=C(Nc2cccc(C(F)(F)F)c2)CCCC1=O.Cl.Cl. The van der Waals surface area contributed by atoms with Gasteiger partial charge in [-0.25, -0.2) is 0 Å². The molecule has 2 aromatic rings. The van der Waals surface area contributed by atoms with Crippen molar-refractivity contribution in [3.8, 4) is 6.07 Å². The largest absolute Gasteiger partial charge is 0.416 e. The highest BCUT2D eigenvalue weighted by atomic mass is 35.5. The number of hydrogen-bond donors (Lipinski definition) is 2. The predicted octanol–water partition coefficient (Wildman–Crippen LogP) is 5.85. The highest BCUT2D eigenvalue weighted by Crippen LogP contribution is 2.35. The van der Waals surface area contributed by atoms with Crippen LogP contribution in [-0.4, -0.2) is 5.78 Å². The molecule has 0 radical (unpaired) electrons. The van der Waals surface area contributed by atoms with Crippen molar-refractivity contribution in [3.63, 3.8) is 0 Å². The van der Waals surface area contributed by atoms with Crippen LogP contribution in [0, 0.1) is 18.3 Å². The number of hydrogen-bond acceptors (Lipinski definition) is 4. The molecule has 31 heavy (non-hydrogen) atoms. The van der Waals surface area contributed by atoms with Gasteiger partial charge in [-0.15, -0.1) is 24.8 Å². The summed E-state index contributed by atoms with van der Waals surface area (Å²) in [6, 6.07) is 11.2. The Morgan fingerprint density at radius 2 is 1.84 bits per heavy atom. The lowest BCUT2D eigenvalue weighted by Gasteiger charge is -2.26. The molecule has 166 valence electrons. The highest BCUT2D eigenvalue weighted by molar-refractivity contribution is 5.98. The summed E-state index contributed by atoms with van der Waals surface area (Å²) in [6.45, 7) is 1.81. The molecular formula is C22H22Cl2F3N3O. The Balaban J connectivity index is 0.00000240. The lowest BCUT2D eigenvalue weighted by atomic mass is 9.85. The Labute approximate surface area is 191 Å². The second-order valence-electron chi connectivity index (χ2n) is 7.03. The highest BCUT2D eigenvalue weighted by Gasteiger charge is 2.31. The summed E-state index contributed by atoms with van der Waals surface area (Å²) in [5.74, 6) is -0.123. The first-order valence-corrected chi connectivity index (χ1v) is 9.17. The van der Waals surface area contributed by atoms with Gasteiger partial charge in [-0.05, 0) is 61.2 Å². The summed E-state index contributed by atoms with van der Waals surface area (Å²) < 4.78 is 39.0. The minimum absolute atomic E-state index is 0. The quantitative estimate of drug-likeness (QED) is 0.586. The summed E-state index contributed by atoms with van der Waals surface area (Å²) in [5.41, 5.74) is 8.79. The van der Waals surface area contributed by atoms with Gasteiger partial charge in [0.1, 0.15) is 0 Å². The molecule has 9 heteroatoms. The molecule has 0 bridgehead atoms. The van der Waals surface area contributed by atoms with E-state index in [0.29, 0.717) is 41.7 Å². The van der Waals surface area contributed by atoms with Gasteiger partial charge in [0.25, 0.3) is 0 Å². The third kappa shape index (κ3) is 6.01. The fourth-order valence-electron chi connectivity index (χ4n) is 3.55. The first kappa shape index (κ1) is 26.5. The number of Topliss-reactive ketones (excluding diaryl/α,β-unsaturated/α-hetero) is 1. The summed E-state index contributed by atoms with van der Waals surface area (Å²) in [7, 11) is 0. The van der Waals surface area contributed by atoms with Crippen LogP contribution in [0.4, 0.5) is 18.9 Å². The summed E-state index contributed by atoms with van der Waals surface area (Å²) in [6.07, 6.45) is -3.00. The molecule has 1 aliphatic rings. The average Bonchev–Trinajstić information content (AvgIpc) is 2.67. The van der Waals surface area contributed by atoms with Gasteiger partial charge in [-0.1, -0.05) is 12.1 Å². The lowest BCUT2D eigenvalue weighted by molar-refractivity contribution is -0.137. The summed E-state index contributed by atoms with van der Waals surface area (Å²) in [5, 5.41) is 12.0. The van der Waals surface area contributed by atoms with Gasteiger partial charge in [0.15, 0.2) is 5.78 Å². The van der Waals surface area contributed by atoms with E-state index in [1.807, 2.05) is 6.92 Å². The smallest absolute Gasteiger partial charge is 0.358 e. The van der Waals surface area contributed by atoms with E-state index in [-0.39, 0.29) is 36.3 Å². The maximum Gasteiger partial charge on any atom is 0.416 e. The van der Waals surface area contributed by atoms with E-state index in [0.717, 1.165) is 17.7 Å². The van der Waals surface area contributed by atoms with E-state index in [1.54, 1.807) is 18.2 Å². The maximum atomic E-state index is 13.0. The van der Waals surface area contributed by atoms with Crippen LogP contribution < -0.4 is 11.1 Å². The first-order valence-electron chi connectivity index (χ1n) is 9.17. The number of halogens is 5. The van der Waals surface area contributed by atoms with Crippen molar-refractivity contribution in [1.82, 2.24) is 0 Å². The number of nitrogens with two attached hydrogens (primary N) is 1. The molecule has 0 aliphatic heterocycles. The number of alkyl halides is 3. The van der Waals surface area contributed by atoms with Crippen LogP contribution in [-0.2, 0) is 11.0 Å². The van der Waals surface area contributed by atoms with Crippen LogP contribution in [0.3, 0.4) is 0 Å². The number of nitrogens with one attached hydrogen (secondary N) is 1. The number of ketones is 1. The Kier molecular flexibility index (Phi) is 9.12. The summed E-state index contributed by atoms with van der Waals surface area (Å²) >= 11 is 0. The molecule has 0 amide bonds. The summed E-state index contributed by atoms with van der Waals surface area (Å²) in [4.78, 5) is 12.7. The van der Waals surface area contributed by atoms with Gasteiger partial charge < -0.3 is 11.1 Å². The molecule has 0 spiro atoms. The van der Waals surface area contributed by atoms with Gasteiger partial charge in [-0.3, -0.25) is 4.79 Å². The van der Waals surface area contributed by atoms with E-state index in [1.165, 1.54) is 12.1 Å². The van der Waals surface area contributed by atoms with Crippen molar-refractivity contribution in [1.29, 1.82) is 5.26 Å². The second kappa shape index (κ2) is 10.7. The second-order valence-corrected chi connectivity index (χ2v) is 7.03. The molecule has 0 fully saturated rings. The minimum atomic E-state index is -4.45. The van der Waals surface area contributed by atoms with Crippen LogP contribution >= 0.6 is 24.8 Å². The minimum Gasteiger partial charge on any atom is -0.358 e. The first-order chi connectivity index (χ1) is 13.7. The molecule has 1 atom stereocenters. The zero-order valence-corrected chi connectivity index (χ0v) is 18.3. The number of benzene rings is 2. The average molecular weight is 472 g/mol. The number of nitrogens with zero attached hydrogens (tertiary/aromatic N) is 1. The zero-order valence-electron chi connectivity index (χ0n) is 16.6. The van der Waals surface area contributed by atoms with Crippen molar-refractivity contribution < 1.29 is 18.0 Å². The fraction of sp³-hybridized carbons (Fsp3) is 0.273. The van der Waals surface area contributed by atoms with Gasteiger partial charge in [-0.2, -0.15) is 18.4 Å². The van der Waals surface area contributed by atoms with Crippen molar-refractivity contribution in [2.75, 3.05) is 5.32 Å². The molecule has 0 saturated heterocycles. The van der Waals surface area contributed by atoms with Crippen LogP contribution in [0.2, 0.25) is 0 Å². The molecule has 0 saturated carbocycles. The number of aryl methyl sites for hydroxylation is 1. The van der Waals surface area contributed by atoms with Crippen molar-refractivity contribution in [2.24, 2.45) is 5.73 Å². The molecule has 1 aliphatic carbocycles. The Bertz CT molecular complexity index is 1030. The third-order valence-corrected chi connectivity index (χ3v) is 4.99. The topological polar surface area (TPSA) is 78.9 Å². The van der Waals surface area contributed by atoms with E-state index < -0.39 is 17.8 Å². The number of rotatable bonds is 4. The molecule has 1 unspecified atom stereocenters. The van der Waals surface area contributed by atoms with Crippen LogP contribution in [0.5, 0.6) is 0 Å². The number of carbonyl (C=O) groups excluding carboxylic acids is 1. The van der Waals surface area contributed by atoms with Crippen molar-refractivity contribution in [3.05, 3.63) is 76.0 Å². The molecule has 4 nitrogen and oxygen atoms in total. The van der Waals surface area contributed by atoms with E-state index in [4.69, 9.17) is 11.0 Å². The van der Waals surface area contributed by atoms with E-state index in [2.05, 4.69) is 11.4 Å². The normalized spacial score (nSPS) is 14.8. The van der Waals surface area contributed by atoms with Crippen molar-refractivity contribution >= 4 is 36.3 Å². The van der Waals surface area contributed by atoms with Gasteiger partial charge >= 0.3 is 6.18 Å². The molecular weight excluding hydrogens is 450 g/mol. The zero-order chi connectivity index (χ0) is 21.2. The van der Waals surface area contributed by atoms with E-state index >= 15 is 0 Å². The number of anilines is 1. The lowest BCUT2D eigenvalue weighted by Crippen LogP contribution is -2.26. The molecule has 3 rings (SSSR count). The van der Waals surface area contributed by atoms with Gasteiger partial charge in [0.2, 0.25) is 0 Å². The third-order valence-electron chi connectivity index (χ3n) is 4.99. The number of carbonyl (C=O) groups is 1.